The van der Waals surface area contributed by atoms with Gasteiger partial charge in [0.15, 0.2) is 0 Å². The van der Waals surface area contributed by atoms with E-state index < -0.39 is 0 Å². The number of carbonyl (C=O) groups is 1. The van der Waals surface area contributed by atoms with Gasteiger partial charge in [-0.05, 0) is 31.2 Å². The fourth-order valence-corrected chi connectivity index (χ4v) is 2.98. The smallest absolute Gasteiger partial charge is 0.230 e. The molecule has 1 atom stereocenters. The highest BCUT2D eigenvalue weighted by Gasteiger charge is 2.13. The van der Waals surface area contributed by atoms with Crippen molar-refractivity contribution in [3.05, 3.63) is 54.1 Å². The number of ether oxygens (including phenoxy) is 2. The Balaban J connectivity index is 1.91. The summed E-state index contributed by atoms with van der Waals surface area (Å²) in [6, 6.07) is 15.3. The number of carbonyl (C=O) groups excluding carboxylic acids is 1. The average molecular weight is 331 g/mol. The van der Waals surface area contributed by atoms with Crippen molar-refractivity contribution in [3.63, 3.8) is 0 Å². The molecule has 0 bridgehead atoms. The van der Waals surface area contributed by atoms with Crippen molar-refractivity contribution in [2.24, 2.45) is 0 Å². The number of methoxy groups -OCH3 is 2. The highest BCUT2D eigenvalue weighted by Crippen LogP contribution is 2.25. The standard InChI is InChI=1S/C18H21NO3S/c1-13(16-9-4-5-10-17(16)22-3)19-18(20)12-23-15-8-6-7-14(11-15)21-2/h4-11,13H,12H2,1-3H3,(H,19,20). The Kier molecular flexibility index (Phi) is 6.35. The topological polar surface area (TPSA) is 47.6 Å². The Morgan fingerprint density at radius 2 is 1.91 bits per heavy atom. The van der Waals surface area contributed by atoms with Gasteiger partial charge >= 0.3 is 0 Å². The summed E-state index contributed by atoms with van der Waals surface area (Å²) in [4.78, 5) is 13.2. The fraction of sp³-hybridized carbons (Fsp3) is 0.278. The molecule has 0 saturated heterocycles. The number of benzene rings is 2. The third kappa shape index (κ3) is 4.93. The molecule has 0 radical (unpaired) electrons. The third-order valence-corrected chi connectivity index (χ3v) is 4.39. The third-order valence-electron chi connectivity index (χ3n) is 3.39. The monoisotopic (exact) mass is 331 g/mol. The van der Waals surface area contributed by atoms with Crippen LogP contribution in [0.4, 0.5) is 0 Å². The minimum Gasteiger partial charge on any atom is -0.497 e. The summed E-state index contributed by atoms with van der Waals surface area (Å²) in [7, 11) is 3.26. The van der Waals surface area contributed by atoms with E-state index in [0.29, 0.717) is 5.75 Å². The molecule has 23 heavy (non-hydrogen) atoms. The number of nitrogens with one attached hydrogen (secondary N) is 1. The zero-order valence-corrected chi connectivity index (χ0v) is 14.4. The summed E-state index contributed by atoms with van der Waals surface area (Å²) in [5, 5.41) is 3.00. The summed E-state index contributed by atoms with van der Waals surface area (Å²) in [5.74, 6) is 1.90. The molecule has 1 N–H and O–H groups in total. The van der Waals surface area contributed by atoms with E-state index in [2.05, 4.69) is 5.32 Å². The Morgan fingerprint density at radius 1 is 1.13 bits per heavy atom. The maximum atomic E-state index is 12.2. The van der Waals surface area contributed by atoms with Gasteiger partial charge in [-0.25, -0.2) is 0 Å². The quantitative estimate of drug-likeness (QED) is 0.786. The number of para-hydroxylation sites is 1. The Hall–Kier alpha value is -2.14. The van der Waals surface area contributed by atoms with Gasteiger partial charge in [0, 0.05) is 10.5 Å². The van der Waals surface area contributed by atoms with E-state index in [1.807, 2.05) is 55.5 Å². The van der Waals surface area contributed by atoms with Crippen LogP contribution in [0.15, 0.2) is 53.4 Å². The van der Waals surface area contributed by atoms with Crippen molar-refractivity contribution in [3.8, 4) is 11.5 Å². The van der Waals surface area contributed by atoms with Crippen LogP contribution in [0.5, 0.6) is 11.5 Å². The van der Waals surface area contributed by atoms with Crippen LogP contribution < -0.4 is 14.8 Å². The van der Waals surface area contributed by atoms with Gasteiger partial charge in [-0.2, -0.15) is 0 Å². The van der Waals surface area contributed by atoms with Crippen LogP contribution in [0.3, 0.4) is 0 Å². The molecule has 0 aliphatic heterocycles. The van der Waals surface area contributed by atoms with Crippen LogP contribution in [0.1, 0.15) is 18.5 Å². The second-order valence-corrected chi connectivity index (χ2v) is 6.05. The first-order valence-corrected chi connectivity index (χ1v) is 8.31. The first-order chi connectivity index (χ1) is 11.1. The lowest BCUT2D eigenvalue weighted by Gasteiger charge is -2.17. The lowest BCUT2D eigenvalue weighted by atomic mass is 10.1. The summed E-state index contributed by atoms with van der Waals surface area (Å²) < 4.78 is 10.5. The van der Waals surface area contributed by atoms with Crippen LogP contribution in [0.2, 0.25) is 0 Å². The molecule has 0 aliphatic carbocycles. The second kappa shape index (κ2) is 8.48. The Labute approximate surface area is 141 Å². The van der Waals surface area contributed by atoms with Crippen molar-refractivity contribution in [2.45, 2.75) is 17.9 Å². The van der Waals surface area contributed by atoms with Crippen molar-refractivity contribution in [1.29, 1.82) is 0 Å². The van der Waals surface area contributed by atoms with Crippen molar-refractivity contribution in [1.82, 2.24) is 5.32 Å². The molecule has 2 aromatic carbocycles. The molecular weight excluding hydrogens is 310 g/mol. The zero-order chi connectivity index (χ0) is 16.7. The van der Waals surface area contributed by atoms with Crippen LogP contribution in [-0.4, -0.2) is 25.9 Å². The maximum Gasteiger partial charge on any atom is 0.230 e. The van der Waals surface area contributed by atoms with E-state index >= 15 is 0 Å². The van der Waals surface area contributed by atoms with Crippen molar-refractivity contribution >= 4 is 17.7 Å². The van der Waals surface area contributed by atoms with Gasteiger partial charge in [0.1, 0.15) is 11.5 Å². The van der Waals surface area contributed by atoms with Crippen LogP contribution >= 0.6 is 11.8 Å². The predicted molar refractivity (Wildman–Crippen MR) is 93.3 cm³/mol. The summed E-state index contributed by atoms with van der Waals surface area (Å²) in [6.45, 7) is 1.95. The van der Waals surface area contributed by atoms with E-state index in [0.717, 1.165) is 22.0 Å². The molecule has 0 spiro atoms. The van der Waals surface area contributed by atoms with Gasteiger partial charge in [-0.1, -0.05) is 24.3 Å². The molecule has 2 aromatic rings. The van der Waals surface area contributed by atoms with Gasteiger partial charge < -0.3 is 14.8 Å². The minimum atomic E-state index is -0.107. The normalized spacial score (nSPS) is 11.6. The number of rotatable bonds is 7. The lowest BCUT2D eigenvalue weighted by Crippen LogP contribution is -2.28. The first kappa shape index (κ1) is 17.2. The summed E-state index contributed by atoms with van der Waals surface area (Å²) in [5.41, 5.74) is 0.967. The SMILES string of the molecule is COc1cccc(SCC(=O)NC(C)c2ccccc2OC)c1. The number of amides is 1. The zero-order valence-electron chi connectivity index (χ0n) is 13.5. The van der Waals surface area contributed by atoms with Gasteiger partial charge in [-0.3, -0.25) is 4.79 Å². The van der Waals surface area contributed by atoms with Crippen LogP contribution in [0.25, 0.3) is 0 Å². The summed E-state index contributed by atoms with van der Waals surface area (Å²) >= 11 is 1.48. The van der Waals surface area contributed by atoms with Gasteiger partial charge in [0.2, 0.25) is 5.91 Å². The summed E-state index contributed by atoms with van der Waals surface area (Å²) in [6.07, 6.45) is 0. The van der Waals surface area contributed by atoms with Gasteiger partial charge in [0.25, 0.3) is 0 Å². The van der Waals surface area contributed by atoms with Crippen molar-refractivity contribution < 1.29 is 14.3 Å². The average Bonchev–Trinajstić information content (AvgIpc) is 2.60. The van der Waals surface area contributed by atoms with E-state index in [4.69, 9.17) is 9.47 Å². The second-order valence-electron chi connectivity index (χ2n) is 5.00. The first-order valence-electron chi connectivity index (χ1n) is 7.33. The minimum absolute atomic E-state index is 0.0174. The largest absolute Gasteiger partial charge is 0.497 e. The molecule has 122 valence electrons. The maximum absolute atomic E-state index is 12.2. The van der Waals surface area contributed by atoms with E-state index in [-0.39, 0.29) is 11.9 Å². The molecule has 0 aromatic heterocycles. The molecule has 0 heterocycles. The molecule has 2 rings (SSSR count). The molecule has 5 heteroatoms. The Bertz CT molecular complexity index is 660. The molecule has 1 amide bonds. The number of hydrogen-bond acceptors (Lipinski definition) is 4. The molecular formula is C18H21NO3S. The number of hydrogen-bond donors (Lipinski definition) is 1. The van der Waals surface area contributed by atoms with Crippen LogP contribution in [-0.2, 0) is 4.79 Å². The van der Waals surface area contributed by atoms with E-state index in [9.17, 15) is 4.79 Å². The number of thioether (sulfide) groups is 1. The molecule has 0 fully saturated rings. The fourth-order valence-electron chi connectivity index (χ4n) is 2.22. The molecule has 0 saturated carbocycles. The highest BCUT2D eigenvalue weighted by atomic mass is 32.2. The molecule has 0 aliphatic rings. The lowest BCUT2D eigenvalue weighted by molar-refractivity contribution is -0.119. The predicted octanol–water partition coefficient (Wildman–Crippen LogP) is 3.67. The Morgan fingerprint density at radius 3 is 2.65 bits per heavy atom. The van der Waals surface area contributed by atoms with Gasteiger partial charge in [0.05, 0.1) is 26.0 Å². The van der Waals surface area contributed by atoms with Gasteiger partial charge in [-0.15, -0.1) is 11.8 Å². The molecule has 1 unspecified atom stereocenters. The molecule has 4 nitrogen and oxygen atoms in total. The van der Waals surface area contributed by atoms with E-state index in [1.54, 1.807) is 14.2 Å². The highest BCUT2D eigenvalue weighted by molar-refractivity contribution is 8.00. The van der Waals surface area contributed by atoms with Crippen molar-refractivity contribution in [2.75, 3.05) is 20.0 Å². The van der Waals surface area contributed by atoms with Crippen LogP contribution in [0, 0.1) is 0 Å². The van der Waals surface area contributed by atoms with E-state index in [1.165, 1.54) is 11.8 Å².